The average Bonchev–Trinajstić information content (AvgIpc) is 3.61. The Morgan fingerprint density at radius 2 is 1.45 bits per heavy atom. The Kier molecular flexibility index (Phi) is 6.63. The minimum Gasteiger partial charge on any atom is -0.0842 e. The first kappa shape index (κ1) is 30.9. The summed E-state index contributed by atoms with van der Waals surface area (Å²) in [5.41, 5.74) is 17.2. The number of rotatable bonds is 4. The molecular formula is C47H54. The van der Waals surface area contributed by atoms with E-state index >= 15 is 0 Å². The monoisotopic (exact) mass is 618 g/mol. The summed E-state index contributed by atoms with van der Waals surface area (Å²) in [5.74, 6) is 0.763. The van der Waals surface area contributed by atoms with Crippen LogP contribution in [-0.4, -0.2) is 0 Å². The van der Waals surface area contributed by atoms with Gasteiger partial charge in [0.05, 0.1) is 0 Å². The lowest BCUT2D eigenvalue weighted by atomic mass is 9.29. The van der Waals surface area contributed by atoms with E-state index in [1.807, 2.05) is 0 Å². The van der Waals surface area contributed by atoms with Crippen molar-refractivity contribution in [2.24, 2.45) is 33.0 Å². The van der Waals surface area contributed by atoms with Gasteiger partial charge in [-0.05, 0) is 97.9 Å². The quantitative estimate of drug-likeness (QED) is 0.273. The lowest BCUT2D eigenvalue weighted by molar-refractivity contribution is -0.185. The third kappa shape index (κ3) is 3.66. The van der Waals surface area contributed by atoms with Gasteiger partial charge in [-0.25, -0.2) is 0 Å². The van der Waals surface area contributed by atoms with Crippen molar-refractivity contribution < 1.29 is 0 Å². The van der Waals surface area contributed by atoms with Gasteiger partial charge in [-0.15, -0.1) is 0 Å². The molecule has 5 aliphatic carbocycles. The van der Waals surface area contributed by atoms with Gasteiger partial charge in [0.25, 0.3) is 0 Å². The van der Waals surface area contributed by atoms with Gasteiger partial charge < -0.3 is 0 Å². The van der Waals surface area contributed by atoms with E-state index in [0.717, 1.165) is 19.3 Å². The van der Waals surface area contributed by atoms with Crippen LogP contribution in [0.4, 0.5) is 0 Å². The highest BCUT2D eigenvalue weighted by molar-refractivity contribution is 5.93. The van der Waals surface area contributed by atoms with Crippen molar-refractivity contribution >= 4 is 11.6 Å². The van der Waals surface area contributed by atoms with E-state index in [-0.39, 0.29) is 27.1 Å². The van der Waals surface area contributed by atoms with Crippen LogP contribution in [0.25, 0.3) is 22.8 Å². The van der Waals surface area contributed by atoms with E-state index < -0.39 is 0 Å². The average molecular weight is 619 g/mol. The first-order chi connectivity index (χ1) is 22.3. The molecule has 0 heteroatoms. The Labute approximate surface area is 284 Å². The van der Waals surface area contributed by atoms with Crippen LogP contribution in [-0.2, 0) is 6.42 Å². The number of hydrogen-bond acceptors (Lipinski definition) is 0. The van der Waals surface area contributed by atoms with Crippen molar-refractivity contribution in [2.75, 3.05) is 0 Å². The van der Waals surface area contributed by atoms with Crippen LogP contribution in [0.2, 0.25) is 0 Å². The first-order valence-electron chi connectivity index (χ1n) is 18.4. The van der Waals surface area contributed by atoms with Crippen LogP contribution < -0.4 is 0 Å². The molecule has 8 rings (SSSR count). The highest BCUT2D eigenvalue weighted by Gasteiger charge is 2.73. The zero-order valence-corrected chi connectivity index (χ0v) is 30.4. The minimum absolute atomic E-state index is 0.0121. The smallest absolute Gasteiger partial charge is 0.0129 e. The molecule has 47 heavy (non-hydrogen) atoms. The lowest BCUT2D eigenvalue weighted by Crippen LogP contribution is -2.68. The van der Waals surface area contributed by atoms with Gasteiger partial charge in [-0.2, -0.15) is 0 Å². The molecule has 0 saturated heterocycles. The number of hydrogen-bond donors (Lipinski definition) is 0. The van der Waals surface area contributed by atoms with Gasteiger partial charge in [0, 0.05) is 16.7 Å². The molecule has 3 aromatic rings. The van der Waals surface area contributed by atoms with Crippen molar-refractivity contribution in [2.45, 2.75) is 100 Å². The second-order valence-corrected chi connectivity index (χ2v) is 17.5. The third-order valence-corrected chi connectivity index (χ3v) is 15.6. The summed E-state index contributed by atoms with van der Waals surface area (Å²) in [6.45, 7) is 23.7. The van der Waals surface area contributed by atoms with Crippen LogP contribution in [0.1, 0.15) is 116 Å². The van der Waals surface area contributed by atoms with Gasteiger partial charge in [0.1, 0.15) is 0 Å². The molecule has 0 spiro atoms. The largest absolute Gasteiger partial charge is 0.0842 e. The summed E-state index contributed by atoms with van der Waals surface area (Å²) in [7, 11) is 0. The predicted octanol–water partition coefficient (Wildman–Crippen LogP) is 13.0. The molecular weight excluding hydrogens is 565 g/mol. The Morgan fingerprint density at radius 3 is 2.19 bits per heavy atom. The highest BCUT2D eigenvalue weighted by Crippen LogP contribution is 2.81. The minimum atomic E-state index is -0.0121. The maximum Gasteiger partial charge on any atom is 0.0129 e. The molecule has 1 saturated carbocycles. The van der Waals surface area contributed by atoms with E-state index in [1.54, 1.807) is 33.4 Å². The van der Waals surface area contributed by atoms with Gasteiger partial charge in [-0.3, -0.25) is 0 Å². The Bertz CT molecular complexity index is 1920. The fourth-order valence-electron chi connectivity index (χ4n) is 11.8. The zero-order valence-electron chi connectivity index (χ0n) is 30.4. The van der Waals surface area contributed by atoms with E-state index in [1.165, 1.54) is 40.7 Å². The number of benzene rings is 3. The van der Waals surface area contributed by atoms with Crippen LogP contribution in [0.15, 0.2) is 107 Å². The van der Waals surface area contributed by atoms with Crippen molar-refractivity contribution in [3.8, 4) is 11.1 Å². The van der Waals surface area contributed by atoms with Crippen LogP contribution in [0.5, 0.6) is 0 Å². The van der Waals surface area contributed by atoms with Crippen molar-refractivity contribution in [3.05, 3.63) is 129 Å². The van der Waals surface area contributed by atoms with E-state index in [9.17, 15) is 0 Å². The molecule has 0 heterocycles. The van der Waals surface area contributed by atoms with Gasteiger partial charge >= 0.3 is 0 Å². The summed E-state index contributed by atoms with van der Waals surface area (Å²) in [6, 6.07) is 27.7. The molecule has 0 aromatic heterocycles. The van der Waals surface area contributed by atoms with E-state index in [0.29, 0.717) is 11.8 Å². The molecule has 4 unspecified atom stereocenters. The van der Waals surface area contributed by atoms with Crippen LogP contribution in [0, 0.1) is 33.0 Å². The van der Waals surface area contributed by atoms with Gasteiger partial charge in [-0.1, -0.05) is 171 Å². The standard InChI is InChI=1S/C47H54/c1-10-19-32-29-36-33(30-20-12-11-13-21-30)24-18-25-35(36)39(32)42-41-37-28-31-22-14-15-23-34(31)40(37)38-26-16-17-27-46(38,8)47(41,9)45(6,7)44(4,5)43(42,2)3/h11-16,18,20-26,29,39,42H,10,17,19,27-28H2,1-9H3. The Morgan fingerprint density at radius 1 is 0.745 bits per heavy atom. The molecule has 0 radical (unpaired) electrons. The first-order valence-corrected chi connectivity index (χ1v) is 18.4. The number of fused-ring (bicyclic) bond motifs is 7. The molecule has 0 nitrogen and oxygen atoms in total. The Balaban J connectivity index is 1.48. The molecule has 0 N–H and O–H groups in total. The summed E-state index contributed by atoms with van der Waals surface area (Å²) >= 11 is 0. The van der Waals surface area contributed by atoms with Crippen molar-refractivity contribution in [1.82, 2.24) is 0 Å². The normalized spacial score (nSPS) is 30.7. The summed E-state index contributed by atoms with van der Waals surface area (Å²) in [5, 5.41) is 0. The second kappa shape index (κ2) is 10.1. The highest BCUT2D eigenvalue weighted by atomic mass is 14.8. The lowest BCUT2D eigenvalue weighted by Gasteiger charge is -2.75. The molecule has 5 aliphatic rings. The molecule has 1 fully saturated rings. The molecule has 0 aliphatic heterocycles. The fraction of sp³-hybridized carbons (Fsp3) is 0.447. The number of allylic oxidation sites excluding steroid dienone is 7. The summed E-state index contributed by atoms with van der Waals surface area (Å²) in [4.78, 5) is 0. The fourth-order valence-corrected chi connectivity index (χ4v) is 11.8. The van der Waals surface area contributed by atoms with Crippen LogP contribution in [0.3, 0.4) is 0 Å². The third-order valence-electron chi connectivity index (χ3n) is 15.6. The van der Waals surface area contributed by atoms with E-state index in [2.05, 4.69) is 153 Å². The summed E-state index contributed by atoms with van der Waals surface area (Å²) < 4.78 is 0. The SMILES string of the molecule is CCCC1=Cc2c(-c3ccccc3)cccc2C1C1C2=C3Cc4ccccc4C3=C3C=CCCC3(C)C2(C)C(C)(C)C(C)(C)C1(C)C. The maximum atomic E-state index is 2.73. The van der Waals surface area contributed by atoms with Gasteiger partial charge in [0.2, 0.25) is 0 Å². The topological polar surface area (TPSA) is 0 Å². The summed E-state index contributed by atoms with van der Waals surface area (Å²) in [6.07, 6.45) is 13.4. The van der Waals surface area contributed by atoms with E-state index in [4.69, 9.17) is 0 Å². The van der Waals surface area contributed by atoms with Gasteiger partial charge in [0.15, 0.2) is 0 Å². The van der Waals surface area contributed by atoms with Crippen molar-refractivity contribution in [3.63, 3.8) is 0 Å². The van der Waals surface area contributed by atoms with Crippen molar-refractivity contribution in [1.29, 1.82) is 0 Å². The molecule has 0 bridgehead atoms. The maximum absolute atomic E-state index is 2.73. The molecule has 4 atom stereocenters. The molecule has 3 aromatic carbocycles. The predicted molar refractivity (Wildman–Crippen MR) is 201 cm³/mol. The second-order valence-electron chi connectivity index (χ2n) is 17.5. The molecule has 0 amide bonds. The van der Waals surface area contributed by atoms with Crippen LogP contribution >= 0.6 is 0 Å². The zero-order chi connectivity index (χ0) is 33.1. The molecule has 242 valence electrons. The Hall–Kier alpha value is -3.38.